The third kappa shape index (κ3) is 3.97. The first kappa shape index (κ1) is 18.7. The van der Waals surface area contributed by atoms with Gasteiger partial charge in [0.1, 0.15) is 5.78 Å². The quantitative estimate of drug-likeness (QED) is 0.672. The molecule has 0 aliphatic heterocycles. The number of aromatic nitrogens is 3. The van der Waals surface area contributed by atoms with Crippen molar-refractivity contribution in [3.05, 3.63) is 42.0 Å². The average Bonchev–Trinajstić information content (AvgIpc) is 3.14. The SMILES string of the molecule is Cc1ncc(-c2ccc3nnc(CC(=O)C4CCC(N(C)C)CC4)cc3c2)o1. The second kappa shape index (κ2) is 7.80. The Morgan fingerprint density at radius 3 is 2.61 bits per heavy atom. The average molecular weight is 378 g/mol. The lowest BCUT2D eigenvalue weighted by molar-refractivity contribution is -0.123. The Morgan fingerprint density at radius 2 is 1.93 bits per heavy atom. The molecule has 0 bridgehead atoms. The van der Waals surface area contributed by atoms with Crippen molar-refractivity contribution in [3.63, 3.8) is 0 Å². The van der Waals surface area contributed by atoms with Gasteiger partial charge in [-0.3, -0.25) is 4.79 Å². The van der Waals surface area contributed by atoms with Crippen molar-refractivity contribution < 1.29 is 9.21 Å². The number of benzene rings is 1. The van der Waals surface area contributed by atoms with Crippen molar-refractivity contribution in [1.29, 1.82) is 0 Å². The van der Waals surface area contributed by atoms with Gasteiger partial charge >= 0.3 is 0 Å². The van der Waals surface area contributed by atoms with E-state index < -0.39 is 0 Å². The van der Waals surface area contributed by atoms with Crippen LogP contribution in [0.2, 0.25) is 0 Å². The number of nitrogens with zero attached hydrogens (tertiary/aromatic N) is 4. The number of hydrogen-bond donors (Lipinski definition) is 0. The molecule has 0 saturated heterocycles. The molecule has 4 rings (SSSR count). The highest BCUT2D eigenvalue weighted by Gasteiger charge is 2.27. The fourth-order valence-corrected chi connectivity index (χ4v) is 4.06. The Hall–Kier alpha value is -2.60. The van der Waals surface area contributed by atoms with Gasteiger partial charge in [-0.25, -0.2) is 4.98 Å². The van der Waals surface area contributed by atoms with E-state index in [2.05, 4.69) is 34.2 Å². The Morgan fingerprint density at radius 1 is 1.14 bits per heavy atom. The number of fused-ring (bicyclic) bond motifs is 1. The Kier molecular flexibility index (Phi) is 5.22. The molecular formula is C22H26N4O2. The van der Waals surface area contributed by atoms with E-state index in [4.69, 9.17) is 4.42 Å². The minimum absolute atomic E-state index is 0.150. The zero-order valence-electron chi connectivity index (χ0n) is 16.7. The zero-order valence-corrected chi connectivity index (χ0v) is 16.7. The molecule has 3 aromatic rings. The van der Waals surface area contributed by atoms with Crippen LogP contribution in [-0.4, -0.2) is 46.0 Å². The van der Waals surface area contributed by atoms with E-state index in [0.717, 1.165) is 53.6 Å². The largest absolute Gasteiger partial charge is 0.441 e. The van der Waals surface area contributed by atoms with E-state index in [9.17, 15) is 4.79 Å². The van der Waals surface area contributed by atoms with Crippen LogP contribution < -0.4 is 0 Å². The van der Waals surface area contributed by atoms with Crippen molar-refractivity contribution in [3.8, 4) is 11.3 Å². The number of Topliss-reactive ketones (excluding diaryl/α,β-unsaturated/α-hetero) is 1. The molecule has 0 spiro atoms. The molecule has 6 heteroatoms. The molecule has 2 aromatic heterocycles. The number of ketones is 1. The number of oxazole rings is 1. The topological polar surface area (TPSA) is 72.1 Å². The zero-order chi connectivity index (χ0) is 19.7. The van der Waals surface area contributed by atoms with Crippen LogP contribution in [0.4, 0.5) is 0 Å². The summed E-state index contributed by atoms with van der Waals surface area (Å²) in [6.07, 6.45) is 6.19. The van der Waals surface area contributed by atoms with Crippen LogP contribution in [0.5, 0.6) is 0 Å². The van der Waals surface area contributed by atoms with Gasteiger partial charge in [0.25, 0.3) is 0 Å². The van der Waals surface area contributed by atoms with E-state index in [0.29, 0.717) is 18.4 Å². The van der Waals surface area contributed by atoms with Gasteiger partial charge in [-0.2, -0.15) is 10.2 Å². The van der Waals surface area contributed by atoms with Crippen molar-refractivity contribution in [1.82, 2.24) is 20.1 Å². The van der Waals surface area contributed by atoms with Crippen LogP contribution in [0.1, 0.15) is 37.3 Å². The predicted octanol–water partition coefficient (Wildman–Crippen LogP) is 3.83. The summed E-state index contributed by atoms with van der Waals surface area (Å²) in [5.74, 6) is 1.80. The Bertz CT molecular complexity index is 987. The lowest BCUT2D eigenvalue weighted by atomic mass is 9.82. The molecule has 0 unspecified atom stereocenters. The highest BCUT2D eigenvalue weighted by molar-refractivity contribution is 5.86. The van der Waals surface area contributed by atoms with Gasteiger partial charge in [0.05, 0.1) is 23.8 Å². The lowest BCUT2D eigenvalue weighted by Gasteiger charge is -2.31. The van der Waals surface area contributed by atoms with E-state index >= 15 is 0 Å². The third-order valence-corrected chi connectivity index (χ3v) is 5.78. The van der Waals surface area contributed by atoms with Gasteiger partial charge in [-0.1, -0.05) is 0 Å². The van der Waals surface area contributed by atoms with E-state index in [1.165, 1.54) is 0 Å². The van der Waals surface area contributed by atoms with Crippen LogP contribution >= 0.6 is 0 Å². The first-order valence-electron chi connectivity index (χ1n) is 9.88. The van der Waals surface area contributed by atoms with E-state index in [-0.39, 0.29) is 11.7 Å². The second-order valence-corrected chi connectivity index (χ2v) is 7.96. The van der Waals surface area contributed by atoms with Crippen LogP contribution in [0.15, 0.2) is 34.9 Å². The van der Waals surface area contributed by atoms with Crippen LogP contribution in [0.3, 0.4) is 0 Å². The number of carbonyl (C=O) groups excluding carboxylic acids is 1. The summed E-state index contributed by atoms with van der Waals surface area (Å²) in [7, 11) is 4.23. The van der Waals surface area contributed by atoms with Gasteiger partial charge in [0.2, 0.25) is 0 Å². The molecule has 1 aromatic carbocycles. The molecule has 0 atom stereocenters. The molecule has 0 N–H and O–H groups in total. The molecule has 0 radical (unpaired) electrons. The standard InChI is InChI=1S/C22H26N4O2/c1-14-23-13-22(28-14)16-6-9-20-17(10-16)11-18(24-25-20)12-21(27)15-4-7-19(8-5-15)26(2)3/h6,9-11,13,15,19H,4-5,7-8,12H2,1-3H3. The molecule has 1 saturated carbocycles. The summed E-state index contributed by atoms with van der Waals surface area (Å²) < 4.78 is 5.61. The van der Waals surface area contributed by atoms with Crippen LogP contribution in [-0.2, 0) is 11.2 Å². The molecule has 0 amide bonds. The van der Waals surface area contributed by atoms with Gasteiger partial charge in [-0.05, 0) is 64.0 Å². The lowest BCUT2D eigenvalue weighted by Crippen LogP contribution is -2.34. The summed E-state index contributed by atoms with van der Waals surface area (Å²) in [5.41, 5.74) is 2.49. The highest BCUT2D eigenvalue weighted by Crippen LogP contribution is 2.28. The van der Waals surface area contributed by atoms with Crippen molar-refractivity contribution in [2.45, 2.75) is 45.1 Å². The smallest absolute Gasteiger partial charge is 0.191 e. The van der Waals surface area contributed by atoms with Gasteiger partial charge in [0.15, 0.2) is 11.7 Å². The van der Waals surface area contributed by atoms with Gasteiger partial charge < -0.3 is 9.32 Å². The minimum atomic E-state index is 0.150. The molecule has 1 aliphatic carbocycles. The third-order valence-electron chi connectivity index (χ3n) is 5.78. The Balaban J connectivity index is 1.49. The minimum Gasteiger partial charge on any atom is -0.441 e. The second-order valence-electron chi connectivity index (χ2n) is 7.96. The number of hydrogen-bond acceptors (Lipinski definition) is 6. The van der Waals surface area contributed by atoms with E-state index in [1.807, 2.05) is 31.2 Å². The molecule has 6 nitrogen and oxygen atoms in total. The van der Waals surface area contributed by atoms with E-state index in [1.54, 1.807) is 6.20 Å². The Labute approximate surface area is 165 Å². The predicted molar refractivity (Wildman–Crippen MR) is 108 cm³/mol. The van der Waals surface area contributed by atoms with Crippen LogP contribution in [0.25, 0.3) is 22.2 Å². The van der Waals surface area contributed by atoms with Gasteiger partial charge in [-0.15, -0.1) is 0 Å². The summed E-state index contributed by atoms with van der Waals surface area (Å²) in [5, 5.41) is 9.53. The summed E-state index contributed by atoms with van der Waals surface area (Å²) >= 11 is 0. The fraction of sp³-hybridized carbons (Fsp3) is 0.455. The summed E-state index contributed by atoms with van der Waals surface area (Å²) in [4.78, 5) is 19.2. The molecule has 2 heterocycles. The van der Waals surface area contributed by atoms with Crippen molar-refractivity contribution >= 4 is 16.7 Å². The molecule has 1 fully saturated rings. The molecule has 146 valence electrons. The van der Waals surface area contributed by atoms with Crippen molar-refractivity contribution in [2.75, 3.05) is 14.1 Å². The molecular weight excluding hydrogens is 352 g/mol. The first-order valence-corrected chi connectivity index (χ1v) is 9.88. The number of carbonyl (C=O) groups is 1. The fourth-order valence-electron chi connectivity index (χ4n) is 4.06. The first-order chi connectivity index (χ1) is 13.5. The maximum absolute atomic E-state index is 12.8. The van der Waals surface area contributed by atoms with Gasteiger partial charge in [0, 0.05) is 29.8 Å². The normalized spacial score (nSPS) is 20.0. The monoisotopic (exact) mass is 378 g/mol. The number of rotatable bonds is 5. The molecule has 1 aliphatic rings. The maximum atomic E-state index is 12.8. The maximum Gasteiger partial charge on any atom is 0.191 e. The van der Waals surface area contributed by atoms with Crippen molar-refractivity contribution in [2.24, 2.45) is 5.92 Å². The summed E-state index contributed by atoms with van der Waals surface area (Å²) in [6, 6.07) is 8.45. The number of aryl methyl sites for hydroxylation is 1. The van der Waals surface area contributed by atoms with Crippen LogP contribution in [0, 0.1) is 12.8 Å². The molecule has 28 heavy (non-hydrogen) atoms. The highest BCUT2D eigenvalue weighted by atomic mass is 16.4. The summed E-state index contributed by atoms with van der Waals surface area (Å²) in [6.45, 7) is 1.83.